The predicted molar refractivity (Wildman–Crippen MR) is 77.9 cm³/mol. The molecule has 21 heavy (non-hydrogen) atoms. The van der Waals surface area contributed by atoms with Crippen molar-refractivity contribution in [3.8, 4) is 0 Å². The summed E-state index contributed by atoms with van der Waals surface area (Å²) in [6.07, 6.45) is 1.15. The molecule has 1 aliphatic heterocycles. The second kappa shape index (κ2) is 6.39. The molecular weight excluding hydrogens is 295 g/mol. The molecule has 0 amide bonds. The summed E-state index contributed by atoms with van der Waals surface area (Å²) in [5.41, 5.74) is 0.110. The number of halogens is 1. The van der Waals surface area contributed by atoms with E-state index in [2.05, 4.69) is 10.0 Å². The van der Waals surface area contributed by atoms with Crippen LogP contribution >= 0.6 is 0 Å². The first kappa shape index (κ1) is 16.4. The Labute approximate surface area is 124 Å². The number of nitrogens with one attached hydrogen (secondary N) is 2. The molecule has 5 nitrogen and oxygen atoms in total. The summed E-state index contributed by atoms with van der Waals surface area (Å²) in [6.45, 7) is 3.31. The minimum Gasteiger partial charge on any atom is -0.381 e. The lowest BCUT2D eigenvalue weighted by Gasteiger charge is -2.34. The number of hydrogen-bond donors (Lipinski definition) is 2. The molecule has 0 unspecified atom stereocenters. The number of hydrogen-bond acceptors (Lipinski definition) is 4. The molecule has 0 aromatic heterocycles. The molecule has 2 N–H and O–H groups in total. The van der Waals surface area contributed by atoms with Crippen molar-refractivity contribution in [2.75, 3.05) is 20.3 Å². The minimum atomic E-state index is -3.88. The van der Waals surface area contributed by atoms with Gasteiger partial charge in [-0.05, 0) is 44.5 Å². The van der Waals surface area contributed by atoms with Gasteiger partial charge in [-0.25, -0.2) is 17.5 Å². The van der Waals surface area contributed by atoms with Crippen LogP contribution in [0.2, 0.25) is 0 Å². The van der Waals surface area contributed by atoms with E-state index in [-0.39, 0.29) is 4.90 Å². The van der Waals surface area contributed by atoms with Crippen molar-refractivity contribution in [1.29, 1.82) is 0 Å². The Balaban J connectivity index is 2.23. The first-order valence-electron chi connectivity index (χ1n) is 6.91. The molecule has 1 fully saturated rings. The Morgan fingerprint density at radius 3 is 2.57 bits per heavy atom. The minimum absolute atomic E-state index is 0.310. The Hall–Kier alpha value is -1.02. The quantitative estimate of drug-likeness (QED) is 0.861. The van der Waals surface area contributed by atoms with Crippen LogP contribution in [0.15, 0.2) is 23.1 Å². The van der Waals surface area contributed by atoms with E-state index < -0.39 is 21.4 Å². The topological polar surface area (TPSA) is 67.4 Å². The van der Waals surface area contributed by atoms with E-state index in [4.69, 9.17) is 4.74 Å². The van der Waals surface area contributed by atoms with Gasteiger partial charge in [-0.2, -0.15) is 0 Å². The Morgan fingerprint density at radius 1 is 1.33 bits per heavy atom. The number of rotatable bonds is 5. The van der Waals surface area contributed by atoms with E-state index in [1.54, 1.807) is 13.1 Å². The number of ether oxygens (including phenoxy) is 1. The highest BCUT2D eigenvalue weighted by Gasteiger charge is 2.33. The van der Waals surface area contributed by atoms with E-state index in [0.29, 0.717) is 38.2 Å². The maximum atomic E-state index is 14.1. The van der Waals surface area contributed by atoms with Crippen LogP contribution in [0, 0.1) is 5.82 Å². The molecule has 2 rings (SSSR count). The standard InChI is InChI=1S/C14H21FN2O3S/c1-14(5-7-20-8-6-14)17-21(18,19)13-4-3-11(10-16-2)9-12(13)15/h3-4,9,16-17H,5-8,10H2,1-2H3. The third-order valence-corrected chi connectivity index (χ3v) is 5.32. The van der Waals surface area contributed by atoms with E-state index in [1.807, 2.05) is 6.92 Å². The van der Waals surface area contributed by atoms with E-state index >= 15 is 0 Å². The molecule has 7 heteroatoms. The Bertz CT molecular complexity index is 598. The van der Waals surface area contributed by atoms with Crippen LogP contribution in [0.5, 0.6) is 0 Å². The summed E-state index contributed by atoms with van der Waals surface area (Å²) in [4.78, 5) is -0.310. The molecule has 0 atom stereocenters. The second-order valence-corrected chi connectivity index (χ2v) is 7.22. The molecule has 0 aliphatic carbocycles. The third kappa shape index (κ3) is 4.00. The molecule has 1 aromatic carbocycles. The monoisotopic (exact) mass is 316 g/mol. The number of benzene rings is 1. The summed E-state index contributed by atoms with van der Waals surface area (Å²) in [5, 5.41) is 2.90. The van der Waals surface area contributed by atoms with Crippen LogP contribution in [-0.4, -0.2) is 34.2 Å². The smallest absolute Gasteiger partial charge is 0.243 e. The van der Waals surface area contributed by atoms with Crippen LogP contribution in [0.1, 0.15) is 25.3 Å². The van der Waals surface area contributed by atoms with E-state index in [0.717, 1.165) is 0 Å². The van der Waals surface area contributed by atoms with Gasteiger partial charge in [0, 0.05) is 25.3 Å². The molecule has 1 heterocycles. The van der Waals surface area contributed by atoms with Gasteiger partial charge in [0.25, 0.3) is 0 Å². The molecule has 118 valence electrons. The average Bonchev–Trinajstić information content (AvgIpc) is 2.38. The first-order chi connectivity index (χ1) is 9.86. The molecular formula is C14H21FN2O3S. The summed E-state index contributed by atoms with van der Waals surface area (Å²) in [7, 11) is -2.14. The summed E-state index contributed by atoms with van der Waals surface area (Å²) >= 11 is 0. The van der Waals surface area contributed by atoms with Crippen LogP contribution in [-0.2, 0) is 21.3 Å². The van der Waals surface area contributed by atoms with Crippen molar-refractivity contribution < 1.29 is 17.5 Å². The molecule has 0 radical (unpaired) electrons. The van der Waals surface area contributed by atoms with E-state index in [9.17, 15) is 12.8 Å². The zero-order valence-electron chi connectivity index (χ0n) is 12.3. The molecule has 1 aliphatic rings. The lowest BCUT2D eigenvalue weighted by atomic mass is 9.94. The van der Waals surface area contributed by atoms with Crippen molar-refractivity contribution in [1.82, 2.24) is 10.0 Å². The normalized spacial score (nSPS) is 18.6. The highest BCUT2D eigenvalue weighted by Crippen LogP contribution is 2.24. The van der Waals surface area contributed by atoms with Crippen molar-refractivity contribution in [3.63, 3.8) is 0 Å². The van der Waals surface area contributed by atoms with Gasteiger partial charge in [0.1, 0.15) is 10.7 Å². The maximum absolute atomic E-state index is 14.1. The summed E-state index contributed by atoms with van der Waals surface area (Å²) < 4.78 is 46.7. The fourth-order valence-corrected chi connectivity index (χ4v) is 3.91. The highest BCUT2D eigenvalue weighted by atomic mass is 32.2. The third-order valence-electron chi connectivity index (χ3n) is 3.64. The van der Waals surface area contributed by atoms with Crippen molar-refractivity contribution >= 4 is 10.0 Å². The average molecular weight is 316 g/mol. The number of sulfonamides is 1. The van der Waals surface area contributed by atoms with Gasteiger partial charge < -0.3 is 10.1 Å². The zero-order chi connectivity index (χ0) is 15.5. The Kier molecular flexibility index (Phi) is 4.98. The molecule has 0 spiro atoms. The lowest BCUT2D eigenvalue weighted by Crippen LogP contribution is -2.49. The molecule has 1 aromatic rings. The fraction of sp³-hybridized carbons (Fsp3) is 0.571. The molecule has 0 bridgehead atoms. The zero-order valence-corrected chi connectivity index (χ0v) is 13.1. The summed E-state index contributed by atoms with van der Waals surface area (Å²) in [6, 6.07) is 4.17. The van der Waals surface area contributed by atoms with Gasteiger partial charge in [0.05, 0.1) is 0 Å². The van der Waals surface area contributed by atoms with Gasteiger partial charge in [0.15, 0.2) is 0 Å². The van der Waals surface area contributed by atoms with Crippen molar-refractivity contribution in [2.45, 2.75) is 36.7 Å². The lowest BCUT2D eigenvalue weighted by molar-refractivity contribution is 0.0537. The van der Waals surface area contributed by atoms with Gasteiger partial charge in [-0.15, -0.1) is 0 Å². The van der Waals surface area contributed by atoms with Crippen LogP contribution < -0.4 is 10.0 Å². The first-order valence-corrected chi connectivity index (χ1v) is 8.39. The summed E-state index contributed by atoms with van der Waals surface area (Å²) in [5.74, 6) is -0.731. The van der Waals surface area contributed by atoms with Crippen LogP contribution in [0.3, 0.4) is 0 Å². The van der Waals surface area contributed by atoms with Gasteiger partial charge in [-0.3, -0.25) is 0 Å². The van der Waals surface area contributed by atoms with Gasteiger partial charge in [-0.1, -0.05) is 6.07 Å². The van der Waals surface area contributed by atoms with Crippen molar-refractivity contribution in [3.05, 3.63) is 29.6 Å². The highest BCUT2D eigenvalue weighted by molar-refractivity contribution is 7.89. The largest absolute Gasteiger partial charge is 0.381 e. The van der Waals surface area contributed by atoms with Crippen LogP contribution in [0.4, 0.5) is 4.39 Å². The SMILES string of the molecule is CNCc1ccc(S(=O)(=O)NC2(C)CCOCC2)c(F)c1. The van der Waals surface area contributed by atoms with Crippen LogP contribution in [0.25, 0.3) is 0 Å². The fourth-order valence-electron chi connectivity index (χ4n) is 2.38. The second-order valence-electron chi connectivity index (χ2n) is 5.57. The van der Waals surface area contributed by atoms with E-state index in [1.165, 1.54) is 12.1 Å². The Morgan fingerprint density at radius 2 is 2.00 bits per heavy atom. The van der Waals surface area contributed by atoms with Crippen molar-refractivity contribution in [2.24, 2.45) is 0 Å². The molecule has 1 saturated heterocycles. The predicted octanol–water partition coefficient (Wildman–Crippen LogP) is 1.39. The maximum Gasteiger partial charge on any atom is 0.243 e. The van der Waals surface area contributed by atoms with Gasteiger partial charge >= 0.3 is 0 Å². The molecule has 0 saturated carbocycles. The van der Waals surface area contributed by atoms with Gasteiger partial charge in [0.2, 0.25) is 10.0 Å².